The van der Waals surface area contributed by atoms with Gasteiger partial charge in [-0.2, -0.15) is 0 Å². The van der Waals surface area contributed by atoms with Crippen molar-refractivity contribution < 1.29 is 4.79 Å². The maximum atomic E-state index is 11.3. The number of unbranched alkanes of at least 4 members (excludes halogenated alkanes) is 4. The molecule has 0 rings (SSSR count). The lowest BCUT2D eigenvalue weighted by Gasteiger charge is -2.17. The number of carbonyl (C=O) groups excluding carboxylic acids is 1. The van der Waals surface area contributed by atoms with E-state index < -0.39 is 4.84 Å². The van der Waals surface area contributed by atoms with Crippen LogP contribution in [0.5, 0.6) is 0 Å². The van der Waals surface area contributed by atoms with Gasteiger partial charge in [0.05, 0.1) is 0 Å². The van der Waals surface area contributed by atoms with Crippen LogP contribution < -0.4 is 5.32 Å². The molecule has 0 bridgehead atoms. The molecule has 0 aromatic carbocycles. The van der Waals surface area contributed by atoms with Gasteiger partial charge < -0.3 is 5.32 Å². The van der Waals surface area contributed by atoms with E-state index >= 15 is 0 Å². The van der Waals surface area contributed by atoms with Crippen molar-refractivity contribution >= 4 is 52.3 Å². The van der Waals surface area contributed by atoms with Gasteiger partial charge in [-0.05, 0) is 25.7 Å². The number of hydrogen-bond donors (Lipinski definition) is 1. The quantitative estimate of drug-likeness (QED) is 0.242. The topological polar surface area (TPSA) is 29.1 Å². The zero-order valence-corrected chi connectivity index (χ0v) is 16.7. The molecule has 0 aliphatic carbocycles. The molecule has 0 radical (unpaired) electrons. The van der Waals surface area contributed by atoms with Gasteiger partial charge in [0.1, 0.15) is 9.67 Å². The van der Waals surface area contributed by atoms with Crippen molar-refractivity contribution in [1.29, 1.82) is 0 Å². The monoisotopic (exact) mass is 401 g/mol. The third kappa shape index (κ3) is 18.4. The van der Waals surface area contributed by atoms with E-state index in [9.17, 15) is 4.79 Å². The summed E-state index contributed by atoms with van der Waals surface area (Å²) >= 11 is 22.6. The Kier molecular flexibility index (Phi) is 15.8. The van der Waals surface area contributed by atoms with Crippen molar-refractivity contribution in [2.45, 2.75) is 86.8 Å². The van der Waals surface area contributed by atoms with Gasteiger partial charge in [0.25, 0.3) is 0 Å². The number of amides is 1. The normalized spacial score (nSPS) is 12.1. The molecule has 23 heavy (non-hydrogen) atoms. The Bertz CT molecular complexity index is 363. The Morgan fingerprint density at radius 1 is 0.870 bits per heavy atom. The molecule has 1 N–H and O–H groups in total. The van der Waals surface area contributed by atoms with Gasteiger partial charge in [0, 0.05) is 25.8 Å². The number of rotatable bonds is 12. The highest BCUT2D eigenvalue weighted by Crippen LogP contribution is 2.15. The summed E-state index contributed by atoms with van der Waals surface area (Å²) in [6.45, 7) is 1.56. The second-order valence-electron chi connectivity index (χ2n) is 5.62. The summed E-state index contributed by atoms with van der Waals surface area (Å²) in [5.41, 5.74) is 0. The summed E-state index contributed by atoms with van der Waals surface area (Å²) in [7, 11) is 0. The zero-order valence-electron chi connectivity index (χ0n) is 13.7. The van der Waals surface area contributed by atoms with Crippen molar-refractivity contribution in [3.63, 3.8) is 0 Å². The van der Waals surface area contributed by atoms with Crippen LogP contribution in [0.15, 0.2) is 0 Å². The number of nitrogens with one attached hydrogen (secondary N) is 1. The molecule has 6 heteroatoms. The van der Waals surface area contributed by atoms with Crippen LogP contribution in [0.1, 0.15) is 71.1 Å². The number of halogens is 4. The molecule has 134 valence electrons. The Morgan fingerprint density at radius 2 is 1.48 bits per heavy atom. The average molecular weight is 403 g/mol. The lowest BCUT2D eigenvalue weighted by molar-refractivity contribution is -0.119. The van der Waals surface area contributed by atoms with E-state index in [1.807, 2.05) is 0 Å². The third-order valence-electron chi connectivity index (χ3n) is 3.37. The van der Waals surface area contributed by atoms with Gasteiger partial charge in [-0.25, -0.2) is 0 Å². The van der Waals surface area contributed by atoms with Crippen molar-refractivity contribution in [2.24, 2.45) is 0 Å². The Hall–Kier alpha value is 0.190. The highest BCUT2D eigenvalue weighted by molar-refractivity contribution is 6.44. The standard InChI is InChI=1S/C17H27Cl4NO/c1-14(23)22-15(10-6-2-4-8-12-16(18)19)11-7-3-5-9-13-17(20)21/h15-17H,2-4,6-8,10-13H2,1H3,(H,22,23). The minimum atomic E-state index is -0.414. The van der Waals surface area contributed by atoms with Crippen molar-refractivity contribution in [1.82, 2.24) is 5.32 Å². The Morgan fingerprint density at radius 3 is 2.04 bits per heavy atom. The fourth-order valence-corrected chi connectivity index (χ4v) is 2.76. The summed E-state index contributed by atoms with van der Waals surface area (Å²) in [5, 5.41) is 3.03. The Balaban J connectivity index is 3.84. The van der Waals surface area contributed by atoms with Gasteiger partial charge in [-0.15, -0.1) is 58.2 Å². The molecule has 2 nitrogen and oxygen atoms in total. The van der Waals surface area contributed by atoms with Crippen LogP contribution in [-0.4, -0.2) is 21.6 Å². The fourth-order valence-electron chi connectivity index (χ4n) is 2.29. The molecule has 0 aromatic heterocycles. The molecule has 0 fully saturated rings. The molecule has 0 saturated carbocycles. The highest BCUT2D eigenvalue weighted by Gasteiger charge is 2.09. The fraction of sp³-hybridized carbons (Fsp3) is 0.824. The smallest absolute Gasteiger partial charge is 0.217 e. The van der Waals surface area contributed by atoms with Gasteiger partial charge >= 0.3 is 0 Å². The maximum Gasteiger partial charge on any atom is 0.217 e. The number of hydrogen-bond acceptors (Lipinski definition) is 1. The van der Waals surface area contributed by atoms with E-state index in [0.29, 0.717) is 6.42 Å². The second-order valence-corrected chi connectivity index (χ2v) is 8.18. The zero-order chi connectivity index (χ0) is 17.5. The molecule has 1 unspecified atom stereocenters. The van der Waals surface area contributed by atoms with Crippen LogP contribution >= 0.6 is 46.4 Å². The van der Waals surface area contributed by atoms with Crippen LogP contribution in [0, 0.1) is 11.8 Å². The minimum absolute atomic E-state index is 0.0281. The van der Waals surface area contributed by atoms with E-state index in [-0.39, 0.29) is 16.8 Å². The predicted octanol–water partition coefficient (Wildman–Crippen LogP) is 6.00. The molecule has 0 spiro atoms. The van der Waals surface area contributed by atoms with Gasteiger partial charge in [0.15, 0.2) is 0 Å². The predicted molar refractivity (Wildman–Crippen MR) is 103 cm³/mol. The number of alkyl halides is 4. The van der Waals surface area contributed by atoms with Crippen LogP contribution in [0.3, 0.4) is 0 Å². The van der Waals surface area contributed by atoms with Gasteiger partial charge in [0.2, 0.25) is 5.91 Å². The summed E-state index contributed by atoms with van der Waals surface area (Å²) in [4.78, 5) is 10.6. The second kappa shape index (κ2) is 15.7. The molecule has 0 saturated heterocycles. The van der Waals surface area contributed by atoms with E-state index in [1.165, 1.54) is 0 Å². The number of carbonyl (C=O) groups is 1. The summed E-state index contributed by atoms with van der Waals surface area (Å²) in [6.07, 6.45) is 9.51. The highest BCUT2D eigenvalue weighted by atomic mass is 35.5. The van der Waals surface area contributed by atoms with E-state index in [4.69, 9.17) is 46.4 Å². The first kappa shape index (κ1) is 23.2. The molecule has 1 atom stereocenters. The summed E-state index contributed by atoms with van der Waals surface area (Å²) in [5.74, 6) is 6.04. The van der Waals surface area contributed by atoms with E-state index in [2.05, 4.69) is 17.2 Å². The van der Waals surface area contributed by atoms with Crippen LogP contribution in [0.25, 0.3) is 0 Å². The third-order valence-corrected chi connectivity index (χ3v) is 4.11. The lowest BCUT2D eigenvalue weighted by Crippen LogP contribution is -2.32. The first-order valence-corrected chi connectivity index (χ1v) is 9.95. The largest absolute Gasteiger partial charge is 0.354 e. The first-order valence-electron chi connectivity index (χ1n) is 8.21. The van der Waals surface area contributed by atoms with Crippen molar-refractivity contribution in [3.05, 3.63) is 0 Å². The molecule has 0 heterocycles. The maximum absolute atomic E-state index is 11.3. The Labute approximate surface area is 161 Å². The SMILES string of the molecule is CC(=O)NC(CCCC#CCC(Cl)Cl)CCCCCCC(Cl)Cl. The first-order chi connectivity index (χ1) is 10.9. The molecule has 0 aliphatic heterocycles. The molecular weight excluding hydrogens is 376 g/mol. The van der Waals surface area contributed by atoms with Crippen LogP contribution in [0.2, 0.25) is 0 Å². The minimum Gasteiger partial charge on any atom is -0.354 e. The molecule has 0 aromatic rings. The van der Waals surface area contributed by atoms with Gasteiger partial charge in [-0.3, -0.25) is 4.79 Å². The van der Waals surface area contributed by atoms with Crippen LogP contribution in [-0.2, 0) is 4.79 Å². The summed E-state index contributed by atoms with van der Waals surface area (Å²) < 4.78 is 0. The lowest BCUT2D eigenvalue weighted by atomic mass is 10.0. The van der Waals surface area contributed by atoms with E-state index in [0.717, 1.165) is 57.8 Å². The van der Waals surface area contributed by atoms with Crippen LogP contribution in [0.4, 0.5) is 0 Å². The average Bonchev–Trinajstić information content (AvgIpc) is 2.44. The van der Waals surface area contributed by atoms with E-state index in [1.54, 1.807) is 6.92 Å². The molecule has 0 aliphatic rings. The molecular formula is C17H27Cl4NO. The molecule has 1 amide bonds. The van der Waals surface area contributed by atoms with Crippen molar-refractivity contribution in [2.75, 3.05) is 0 Å². The van der Waals surface area contributed by atoms with Gasteiger partial charge in [-0.1, -0.05) is 25.7 Å². The summed E-state index contributed by atoms with van der Waals surface area (Å²) in [6, 6.07) is 0.233. The van der Waals surface area contributed by atoms with Crippen molar-refractivity contribution in [3.8, 4) is 11.8 Å².